The van der Waals surface area contributed by atoms with Crippen LogP contribution >= 0.6 is 23.6 Å². The number of nitrogens with one attached hydrogen (secondary N) is 1. The van der Waals surface area contributed by atoms with E-state index in [2.05, 4.69) is 4.98 Å². The maximum atomic E-state index is 13.6. The molecule has 0 bridgehead atoms. The molecule has 6 heteroatoms. The van der Waals surface area contributed by atoms with E-state index in [1.165, 1.54) is 28.0 Å². The molecule has 0 aliphatic heterocycles. The highest BCUT2D eigenvalue weighted by Gasteiger charge is 2.14. The van der Waals surface area contributed by atoms with Gasteiger partial charge >= 0.3 is 0 Å². The van der Waals surface area contributed by atoms with Crippen molar-refractivity contribution in [2.24, 2.45) is 0 Å². The van der Waals surface area contributed by atoms with Gasteiger partial charge in [-0.2, -0.15) is 0 Å². The maximum Gasteiger partial charge on any atom is 0.268 e. The summed E-state index contributed by atoms with van der Waals surface area (Å²) in [5, 5.41) is 2.49. The number of rotatable bonds is 2. The van der Waals surface area contributed by atoms with Crippen molar-refractivity contribution >= 4 is 33.8 Å². The summed E-state index contributed by atoms with van der Waals surface area (Å²) in [7, 11) is 0. The summed E-state index contributed by atoms with van der Waals surface area (Å²) in [4.78, 5) is 16.9. The number of hydrogen-bond acceptors (Lipinski definition) is 3. The molecule has 0 saturated heterocycles. The van der Waals surface area contributed by atoms with Crippen molar-refractivity contribution in [1.82, 2.24) is 9.55 Å². The lowest BCUT2D eigenvalue weighted by atomic mass is 10.1. The van der Waals surface area contributed by atoms with Crippen LogP contribution in [0.2, 0.25) is 0 Å². The highest BCUT2D eigenvalue weighted by molar-refractivity contribution is 7.71. The first-order valence-electron chi connectivity index (χ1n) is 7.23. The number of aromatic nitrogens is 2. The Labute approximate surface area is 145 Å². The fraction of sp³-hybridized carbons (Fsp3) is 0. The average molecular weight is 354 g/mol. The van der Waals surface area contributed by atoms with Gasteiger partial charge in [-0.15, -0.1) is 11.3 Å². The van der Waals surface area contributed by atoms with Crippen LogP contribution in [0.25, 0.3) is 27.0 Å². The lowest BCUT2D eigenvalue weighted by Crippen LogP contribution is -2.20. The molecule has 2 aromatic heterocycles. The van der Waals surface area contributed by atoms with Crippen molar-refractivity contribution in [1.29, 1.82) is 0 Å². The Bertz CT molecular complexity index is 1160. The molecular weight excluding hydrogens is 343 g/mol. The second kappa shape index (κ2) is 5.81. The summed E-state index contributed by atoms with van der Waals surface area (Å²) in [5.74, 6) is -0.414. The molecule has 0 aliphatic rings. The molecule has 3 nitrogen and oxygen atoms in total. The molecule has 118 valence electrons. The van der Waals surface area contributed by atoms with E-state index in [1.807, 2.05) is 35.7 Å². The summed E-state index contributed by atoms with van der Waals surface area (Å²) < 4.78 is 15.1. The molecule has 24 heavy (non-hydrogen) atoms. The zero-order valence-electron chi connectivity index (χ0n) is 12.3. The number of nitrogens with zero attached hydrogens (tertiary/aromatic N) is 1. The zero-order valence-corrected chi connectivity index (χ0v) is 14.0. The zero-order chi connectivity index (χ0) is 16.7. The van der Waals surface area contributed by atoms with Gasteiger partial charge in [0.05, 0.1) is 11.1 Å². The monoisotopic (exact) mass is 354 g/mol. The molecule has 0 saturated carbocycles. The number of H-pyrrole nitrogens is 1. The van der Waals surface area contributed by atoms with E-state index in [-0.39, 0.29) is 10.3 Å². The number of aromatic amines is 1. The van der Waals surface area contributed by atoms with Crippen molar-refractivity contribution < 1.29 is 4.39 Å². The third-order valence-corrected chi connectivity index (χ3v) is 4.96. The Hall–Kier alpha value is -2.57. The molecule has 4 aromatic rings. The number of halogens is 1. The van der Waals surface area contributed by atoms with Crippen molar-refractivity contribution in [2.45, 2.75) is 0 Å². The van der Waals surface area contributed by atoms with Crippen molar-refractivity contribution in [3.05, 3.63) is 80.9 Å². The first-order valence-corrected chi connectivity index (χ1v) is 8.52. The molecule has 4 rings (SSSR count). The molecular formula is C18H11FN2OS2. The van der Waals surface area contributed by atoms with Gasteiger partial charge in [0.15, 0.2) is 4.77 Å². The molecule has 0 atom stereocenters. The number of benzene rings is 2. The summed E-state index contributed by atoms with van der Waals surface area (Å²) >= 11 is 6.74. The summed E-state index contributed by atoms with van der Waals surface area (Å²) in [5.41, 5.74) is 1.96. The van der Waals surface area contributed by atoms with Crippen LogP contribution in [0.4, 0.5) is 4.39 Å². The summed E-state index contributed by atoms with van der Waals surface area (Å²) in [6, 6.07) is 15.5. The predicted molar refractivity (Wildman–Crippen MR) is 98.0 cm³/mol. The van der Waals surface area contributed by atoms with E-state index >= 15 is 0 Å². The summed E-state index contributed by atoms with van der Waals surface area (Å²) in [6.45, 7) is 0. The first kappa shape index (κ1) is 15.0. The molecule has 1 N–H and O–H groups in total. The number of thiophene rings is 1. The van der Waals surface area contributed by atoms with E-state index in [0.717, 1.165) is 16.0 Å². The minimum Gasteiger partial charge on any atom is -0.323 e. The summed E-state index contributed by atoms with van der Waals surface area (Å²) in [6.07, 6.45) is 0. The molecule has 0 aliphatic carbocycles. The highest BCUT2D eigenvalue weighted by Crippen LogP contribution is 2.30. The molecule has 0 unspecified atom stereocenters. The lowest BCUT2D eigenvalue weighted by Gasteiger charge is -2.07. The fourth-order valence-electron chi connectivity index (χ4n) is 2.70. The second-order valence-corrected chi connectivity index (χ2v) is 6.54. The quantitative estimate of drug-likeness (QED) is 0.519. The second-order valence-electron chi connectivity index (χ2n) is 5.27. The van der Waals surface area contributed by atoms with E-state index in [0.29, 0.717) is 11.1 Å². The Morgan fingerprint density at radius 3 is 2.62 bits per heavy atom. The van der Waals surface area contributed by atoms with Crippen molar-refractivity contribution in [3.63, 3.8) is 0 Å². The molecule has 0 fully saturated rings. The normalized spacial score (nSPS) is 11.0. The fourth-order valence-corrected chi connectivity index (χ4v) is 4.01. The molecule has 2 aromatic carbocycles. The van der Waals surface area contributed by atoms with Gasteiger partial charge in [0.1, 0.15) is 10.6 Å². The predicted octanol–water partition coefficient (Wildman–Crippen LogP) is 4.92. The Morgan fingerprint density at radius 2 is 1.88 bits per heavy atom. The van der Waals surface area contributed by atoms with E-state index in [1.54, 1.807) is 12.1 Å². The van der Waals surface area contributed by atoms with Crippen LogP contribution in [0.1, 0.15) is 0 Å². The van der Waals surface area contributed by atoms with Gasteiger partial charge in [-0.3, -0.25) is 9.36 Å². The van der Waals surface area contributed by atoms with Gasteiger partial charge < -0.3 is 4.98 Å². The largest absolute Gasteiger partial charge is 0.323 e. The first-order chi connectivity index (χ1) is 11.6. The van der Waals surface area contributed by atoms with Gasteiger partial charge in [-0.25, -0.2) is 4.39 Å². The van der Waals surface area contributed by atoms with Crippen molar-refractivity contribution in [3.8, 4) is 16.8 Å². The maximum absolute atomic E-state index is 13.6. The molecule has 2 heterocycles. The van der Waals surface area contributed by atoms with Gasteiger partial charge in [0, 0.05) is 10.9 Å². The topological polar surface area (TPSA) is 37.8 Å². The molecule has 0 radical (unpaired) electrons. The van der Waals surface area contributed by atoms with Crippen LogP contribution in [0, 0.1) is 10.6 Å². The third-order valence-electron chi connectivity index (χ3n) is 3.78. The smallest absolute Gasteiger partial charge is 0.268 e. The van der Waals surface area contributed by atoms with Gasteiger partial charge in [0.2, 0.25) is 0 Å². The molecule has 0 amide bonds. The Kier molecular flexibility index (Phi) is 3.63. The van der Waals surface area contributed by atoms with Crippen molar-refractivity contribution in [2.75, 3.05) is 0 Å². The van der Waals surface area contributed by atoms with Crippen LogP contribution in [0.5, 0.6) is 0 Å². The van der Waals surface area contributed by atoms with Gasteiger partial charge in [-0.1, -0.05) is 36.4 Å². The average Bonchev–Trinajstić information content (AvgIpc) is 3.00. The van der Waals surface area contributed by atoms with Crippen LogP contribution in [-0.4, -0.2) is 9.55 Å². The Balaban J connectivity index is 2.07. The standard InChI is InChI=1S/C18H11FN2OS2/c19-12-7-4-8-13(9-12)21-17(22)15-14(11-5-2-1-3-6-11)10-24-16(15)20-18(21)23/h1-10H,(H,20,23). The van der Waals surface area contributed by atoms with Crippen LogP contribution in [0.3, 0.4) is 0 Å². The van der Waals surface area contributed by atoms with Crippen LogP contribution in [0.15, 0.2) is 64.8 Å². The highest BCUT2D eigenvalue weighted by atomic mass is 32.1. The van der Waals surface area contributed by atoms with E-state index < -0.39 is 5.82 Å². The SMILES string of the molecule is O=c1c2c(-c3ccccc3)csc2[nH]c(=S)n1-c1cccc(F)c1. The third kappa shape index (κ3) is 2.40. The number of hydrogen-bond donors (Lipinski definition) is 1. The minimum absolute atomic E-state index is 0.250. The molecule has 0 spiro atoms. The Morgan fingerprint density at radius 1 is 1.08 bits per heavy atom. The lowest BCUT2D eigenvalue weighted by molar-refractivity contribution is 0.626. The minimum atomic E-state index is -0.414. The number of fused-ring (bicyclic) bond motifs is 1. The van der Waals surface area contributed by atoms with Crippen LogP contribution < -0.4 is 5.56 Å². The van der Waals surface area contributed by atoms with E-state index in [4.69, 9.17) is 12.2 Å². The van der Waals surface area contributed by atoms with Gasteiger partial charge in [-0.05, 0) is 36.0 Å². The van der Waals surface area contributed by atoms with E-state index in [9.17, 15) is 9.18 Å². The van der Waals surface area contributed by atoms with Crippen LogP contribution in [-0.2, 0) is 0 Å². The van der Waals surface area contributed by atoms with Gasteiger partial charge in [0.25, 0.3) is 5.56 Å².